The number of benzene rings is 2. The van der Waals surface area contributed by atoms with Crippen molar-refractivity contribution in [2.24, 2.45) is 5.10 Å². The maximum atomic E-state index is 13.0. The first kappa shape index (κ1) is 18.3. The molecular formula is C19H17BrN2O4S. The van der Waals surface area contributed by atoms with E-state index in [-0.39, 0.29) is 22.9 Å². The van der Waals surface area contributed by atoms with Crippen LogP contribution in [0.5, 0.6) is 0 Å². The lowest BCUT2D eigenvalue weighted by molar-refractivity contribution is -0.114. The second-order valence-corrected chi connectivity index (χ2v) is 9.36. The van der Waals surface area contributed by atoms with E-state index in [0.29, 0.717) is 6.61 Å². The molecule has 6 nitrogen and oxygen atoms in total. The SMILES string of the molecule is Cc1ccc(S(=O)(=O)N2CC(c3cccc(Br)c3)C(C(=O)C3CO3)=N2)cc1. The number of Topliss-reactive ketones (excluding diaryl/α,β-unsaturated/α-hetero) is 1. The fourth-order valence-electron chi connectivity index (χ4n) is 3.03. The van der Waals surface area contributed by atoms with Crippen LogP contribution in [0.4, 0.5) is 0 Å². The van der Waals surface area contributed by atoms with Crippen LogP contribution < -0.4 is 0 Å². The maximum absolute atomic E-state index is 13.0. The Balaban J connectivity index is 1.72. The Kier molecular flexibility index (Phi) is 4.65. The quantitative estimate of drug-likeness (QED) is 0.658. The number of ether oxygens (including phenoxy) is 1. The normalized spacial score (nSPS) is 21.9. The highest BCUT2D eigenvalue weighted by Crippen LogP contribution is 2.32. The number of nitrogens with zero attached hydrogens (tertiary/aromatic N) is 2. The second-order valence-electron chi connectivity index (χ2n) is 6.60. The van der Waals surface area contributed by atoms with Crippen LogP contribution in [0.2, 0.25) is 0 Å². The first-order valence-corrected chi connectivity index (χ1v) is 10.7. The molecule has 0 aliphatic carbocycles. The number of epoxide rings is 1. The molecule has 2 unspecified atom stereocenters. The largest absolute Gasteiger partial charge is 0.364 e. The van der Waals surface area contributed by atoms with Gasteiger partial charge in [-0.3, -0.25) is 4.79 Å². The Bertz CT molecular complexity index is 1030. The number of hydrogen-bond donors (Lipinski definition) is 0. The van der Waals surface area contributed by atoms with E-state index in [0.717, 1.165) is 20.0 Å². The minimum absolute atomic E-state index is 0.0838. The van der Waals surface area contributed by atoms with Crippen LogP contribution in [0.1, 0.15) is 17.0 Å². The number of rotatable bonds is 5. The van der Waals surface area contributed by atoms with Crippen molar-refractivity contribution in [3.05, 3.63) is 64.1 Å². The van der Waals surface area contributed by atoms with E-state index in [1.807, 2.05) is 31.2 Å². The highest BCUT2D eigenvalue weighted by atomic mass is 79.9. The van der Waals surface area contributed by atoms with Gasteiger partial charge in [-0.2, -0.15) is 17.9 Å². The highest BCUT2D eigenvalue weighted by molar-refractivity contribution is 9.10. The van der Waals surface area contributed by atoms with Gasteiger partial charge in [-0.15, -0.1) is 0 Å². The third-order valence-corrected chi connectivity index (χ3v) is 6.76. The average Bonchev–Trinajstić information content (AvgIpc) is 3.39. The van der Waals surface area contributed by atoms with E-state index < -0.39 is 22.0 Å². The first-order chi connectivity index (χ1) is 12.9. The summed E-state index contributed by atoms with van der Waals surface area (Å²) in [6.07, 6.45) is -0.513. The Morgan fingerprint density at radius 2 is 1.93 bits per heavy atom. The van der Waals surface area contributed by atoms with E-state index >= 15 is 0 Å². The molecule has 2 aliphatic heterocycles. The molecule has 1 saturated heterocycles. The van der Waals surface area contributed by atoms with Crippen molar-refractivity contribution in [3.8, 4) is 0 Å². The molecule has 140 valence electrons. The van der Waals surface area contributed by atoms with E-state index in [2.05, 4.69) is 21.0 Å². The van der Waals surface area contributed by atoms with Gasteiger partial charge in [0.2, 0.25) is 5.78 Å². The number of aryl methyl sites for hydroxylation is 1. The van der Waals surface area contributed by atoms with Gasteiger partial charge in [-0.25, -0.2) is 0 Å². The predicted molar refractivity (Wildman–Crippen MR) is 104 cm³/mol. The molecule has 2 aromatic rings. The predicted octanol–water partition coefficient (Wildman–Crippen LogP) is 2.87. The van der Waals surface area contributed by atoms with Gasteiger partial charge in [0.05, 0.1) is 24.0 Å². The lowest BCUT2D eigenvalue weighted by atomic mass is 9.92. The minimum atomic E-state index is -3.84. The van der Waals surface area contributed by atoms with Crippen molar-refractivity contribution in [2.45, 2.75) is 23.8 Å². The Hall–Kier alpha value is -2.03. The number of carbonyl (C=O) groups is 1. The third-order valence-electron chi connectivity index (χ3n) is 4.61. The van der Waals surface area contributed by atoms with Gasteiger partial charge in [0, 0.05) is 4.47 Å². The molecule has 2 aromatic carbocycles. The van der Waals surface area contributed by atoms with Crippen molar-refractivity contribution < 1.29 is 17.9 Å². The molecule has 0 saturated carbocycles. The fourth-order valence-corrected chi connectivity index (χ4v) is 4.71. The molecule has 2 heterocycles. The molecule has 0 bridgehead atoms. The summed E-state index contributed by atoms with van der Waals surface area (Å²) in [6, 6.07) is 14.1. The van der Waals surface area contributed by atoms with Crippen molar-refractivity contribution >= 4 is 37.4 Å². The zero-order valence-electron chi connectivity index (χ0n) is 14.5. The molecule has 0 N–H and O–H groups in total. The first-order valence-electron chi connectivity index (χ1n) is 8.45. The third kappa shape index (κ3) is 3.56. The van der Waals surface area contributed by atoms with Gasteiger partial charge < -0.3 is 4.74 Å². The monoisotopic (exact) mass is 448 g/mol. The molecule has 8 heteroatoms. The summed E-state index contributed by atoms with van der Waals surface area (Å²) in [6.45, 7) is 2.33. The lowest BCUT2D eigenvalue weighted by Crippen LogP contribution is -2.27. The molecule has 27 heavy (non-hydrogen) atoms. The van der Waals surface area contributed by atoms with Gasteiger partial charge >= 0.3 is 0 Å². The summed E-state index contributed by atoms with van der Waals surface area (Å²) >= 11 is 3.42. The van der Waals surface area contributed by atoms with E-state index in [1.54, 1.807) is 24.3 Å². The molecule has 1 fully saturated rings. The van der Waals surface area contributed by atoms with Crippen molar-refractivity contribution in [2.75, 3.05) is 13.2 Å². The standard InChI is InChI=1S/C19H17BrN2O4S/c1-12-5-7-15(8-6-12)27(24,25)22-10-16(13-3-2-4-14(20)9-13)18(21-22)19(23)17-11-26-17/h2-9,16-17H,10-11H2,1H3. The van der Waals surface area contributed by atoms with Gasteiger partial charge in [0.25, 0.3) is 10.0 Å². The van der Waals surface area contributed by atoms with Gasteiger partial charge in [0.15, 0.2) is 0 Å². The van der Waals surface area contributed by atoms with Crippen LogP contribution in [-0.4, -0.2) is 43.6 Å². The maximum Gasteiger partial charge on any atom is 0.279 e. The lowest BCUT2D eigenvalue weighted by Gasteiger charge is -2.17. The molecule has 2 aliphatic rings. The van der Waals surface area contributed by atoms with Crippen LogP contribution in [0, 0.1) is 6.92 Å². The molecule has 0 spiro atoms. The van der Waals surface area contributed by atoms with E-state index in [1.165, 1.54) is 0 Å². The number of carbonyl (C=O) groups excluding carboxylic acids is 1. The Morgan fingerprint density at radius 3 is 2.56 bits per heavy atom. The highest BCUT2D eigenvalue weighted by Gasteiger charge is 2.43. The van der Waals surface area contributed by atoms with Gasteiger partial charge in [0.1, 0.15) is 11.8 Å². The molecule has 4 rings (SSSR count). The van der Waals surface area contributed by atoms with Gasteiger partial charge in [-0.05, 0) is 36.8 Å². The van der Waals surface area contributed by atoms with Crippen LogP contribution in [0.25, 0.3) is 0 Å². The average molecular weight is 449 g/mol. The smallest absolute Gasteiger partial charge is 0.279 e. The van der Waals surface area contributed by atoms with Crippen molar-refractivity contribution in [3.63, 3.8) is 0 Å². The zero-order chi connectivity index (χ0) is 19.2. The second kappa shape index (κ2) is 6.85. The van der Waals surface area contributed by atoms with Crippen LogP contribution >= 0.6 is 15.9 Å². The fraction of sp³-hybridized carbons (Fsp3) is 0.263. The molecular weight excluding hydrogens is 432 g/mol. The van der Waals surface area contributed by atoms with Gasteiger partial charge in [-0.1, -0.05) is 45.8 Å². The summed E-state index contributed by atoms with van der Waals surface area (Å²) in [5.41, 5.74) is 2.03. The van der Waals surface area contributed by atoms with Crippen LogP contribution in [0.3, 0.4) is 0 Å². The summed E-state index contributed by atoms with van der Waals surface area (Å²) < 4.78 is 33.0. The molecule has 0 aromatic heterocycles. The molecule has 0 radical (unpaired) electrons. The topological polar surface area (TPSA) is 79.3 Å². The minimum Gasteiger partial charge on any atom is -0.364 e. The Labute approximate surface area is 166 Å². The number of halogens is 1. The van der Waals surface area contributed by atoms with Crippen LogP contribution in [0.15, 0.2) is 63.0 Å². The summed E-state index contributed by atoms with van der Waals surface area (Å²) in [4.78, 5) is 12.8. The summed E-state index contributed by atoms with van der Waals surface area (Å²) in [7, 11) is -3.84. The Morgan fingerprint density at radius 1 is 1.22 bits per heavy atom. The summed E-state index contributed by atoms with van der Waals surface area (Å²) in [5.74, 6) is -0.680. The zero-order valence-corrected chi connectivity index (χ0v) is 16.9. The van der Waals surface area contributed by atoms with Crippen LogP contribution in [-0.2, 0) is 19.6 Å². The van der Waals surface area contributed by atoms with Crippen molar-refractivity contribution in [1.82, 2.24) is 4.41 Å². The number of hydrazone groups is 1. The molecule has 0 amide bonds. The summed E-state index contributed by atoms with van der Waals surface area (Å²) in [5, 5.41) is 4.22. The number of ketones is 1. The van der Waals surface area contributed by atoms with Crippen molar-refractivity contribution in [1.29, 1.82) is 0 Å². The number of sulfonamides is 1. The van der Waals surface area contributed by atoms with E-state index in [4.69, 9.17) is 4.74 Å². The van der Waals surface area contributed by atoms with E-state index in [9.17, 15) is 13.2 Å². The molecule has 2 atom stereocenters. The number of hydrogen-bond acceptors (Lipinski definition) is 5.